The molecule has 2 N–H and O–H groups in total. The van der Waals surface area contributed by atoms with Gasteiger partial charge in [-0.25, -0.2) is 0 Å². The van der Waals surface area contributed by atoms with Gasteiger partial charge in [-0.2, -0.15) is 0 Å². The molecule has 0 spiro atoms. The molecule has 0 unspecified atom stereocenters. The Labute approximate surface area is 54.9 Å². The Balaban J connectivity index is 2.18. The third-order valence-electron chi connectivity index (χ3n) is 1.09. The number of hydrogen-bond acceptors (Lipinski definition) is 3. The smallest absolute Gasteiger partial charge is 0.191 e. The van der Waals surface area contributed by atoms with Crippen LogP contribution < -0.4 is 10.6 Å². The highest BCUT2D eigenvalue weighted by Crippen LogP contribution is 1.79. The van der Waals surface area contributed by atoms with Crippen LogP contribution in [0.1, 0.15) is 0 Å². The van der Waals surface area contributed by atoms with Crippen molar-refractivity contribution in [3.8, 4) is 0 Å². The molecule has 0 saturated carbocycles. The Morgan fingerprint density at radius 3 is 3.33 bits per heavy atom. The van der Waals surface area contributed by atoms with Crippen molar-refractivity contribution in [2.45, 2.75) is 0 Å². The molecule has 0 aromatic carbocycles. The average molecular weight is 125 g/mol. The van der Waals surface area contributed by atoms with Crippen molar-refractivity contribution in [3.63, 3.8) is 0 Å². The lowest BCUT2D eigenvalue weighted by Gasteiger charge is -2.00. The van der Waals surface area contributed by atoms with E-state index in [1.165, 1.54) is 0 Å². The molecule has 50 valence electrons. The van der Waals surface area contributed by atoms with Gasteiger partial charge in [-0.3, -0.25) is 4.99 Å². The normalized spacial score (nSPS) is 16.2. The molecule has 0 amide bonds. The summed E-state index contributed by atoms with van der Waals surface area (Å²) >= 11 is 0. The molecule has 3 heteroatoms. The van der Waals surface area contributed by atoms with Crippen molar-refractivity contribution in [2.24, 2.45) is 4.99 Å². The zero-order chi connectivity index (χ0) is 6.53. The Kier molecular flexibility index (Phi) is 2.13. The fourth-order valence-corrected chi connectivity index (χ4v) is 0.685. The lowest BCUT2D eigenvalue weighted by Crippen LogP contribution is -2.33. The first-order valence-electron chi connectivity index (χ1n) is 3.06. The maximum atomic E-state index is 4.12. The number of nitrogens with one attached hydrogen (secondary N) is 2. The lowest BCUT2D eigenvalue weighted by atomic mass is 10.6. The van der Waals surface area contributed by atoms with Gasteiger partial charge in [-0.1, -0.05) is 6.08 Å². The van der Waals surface area contributed by atoms with E-state index in [4.69, 9.17) is 0 Å². The van der Waals surface area contributed by atoms with E-state index >= 15 is 0 Å². The van der Waals surface area contributed by atoms with Gasteiger partial charge in [0.2, 0.25) is 0 Å². The van der Waals surface area contributed by atoms with Gasteiger partial charge in [0.1, 0.15) is 0 Å². The third kappa shape index (κ3) is 1.76. The van der Waals surface area contributed by atoms with Gasteiger partial charge in [0.15, 0.2) is 5.96 Å². The molecule has 1 rings (SSSR count). The van der Waals surface area contributed by atoms with E-state index in [-0.39, 0.29) is 0 Å². The van der Waals surface area contributed by atoms with Crippen LogP contribution >= 0.6 is 0 Å². The maximum absolute atomic E-state index is 4.12. The Hall–Kier alpha value is -0.990. The van der Waals surface area contributed by atoms with Crippen LogP contribution in [0.4, 0.5) is 0 Å². The zero-order valence-corrected chi connectivity index (χ0v) is 5.35. The van der Waals surface area contributed by atoms with E-state index < -0.39 is 0 Å². The minimum Gasteiger partial charge on any atom is -0.355 e. The summed E-state index contributed by atoms with van der Waals surface area (Å²) < 4.78 is 0. The SMILES string of the molecule is C=CCNC1=NCCN1. The molecule has 1 aliphatic rings. The zero-order valence-electron chi connectivity index (χ0n) is 5.35. The third-order valence-corrected chi connectivity index (χ3v) is 1.09. The highest BCUT2D eigenvalue weighted by Gasteiger charge is 2.00. The van der Waals surface area contributed by atoms with Gasteiger partial charge >= 0.3 is 0 Å². The van der Waals surface area contributed by atoms with Crippen molar-refractivity contribution < 1.29 is 0 Å². The molecule has 0 aromatic heterocycles. The van der Waals surface area contributed by atoms with Crippen LogP contribution in [0.5, 0.6) is 0 Å². The van der Waals surface area contributed by atoms with E-state index in [2.05, 4.69) is 22.2 Å². The van der Waals surface area contributed by atoms with E-state index in [9.17, 15) is 0 Å². The number of aliphatic imine (C=N–C) groups is 1. The molecular weight excluding hydrogens is 114 g/mol. The molecule has 3 nitrogen and oxygen atoms in total. The second-order valence-corrected chi connectivity index (χ2v) is 1.83. The fraction of sp³-hybridized carbons (Fsp3) is 0.500. The number of nitrogens with zero attached hydrogens (tertiary/aromatic N) is 1. The largest absolute Gasteiger partial charge is 0.355 e. The van der Waals surface area contributed by atoms with Crippen LogP contribution in [-0.2, 0) is 0 Å². The van der Waals surface area contributed by atoms with Crippen molar-refractivity contribution in [2.75, 3.05) is 19.6 Å². The number of guanidine groups is 1. The molecule has 1 aliphatic heterocycles. The molecule has 0 fully saturated rings. The van der Waals surface area contributed by atoms with Crippen molar-refractivity contribution in [3.05, 3.63) is 12.7 Å². The average Bonchev–Trinajstić information content (AvgIpc) is 2.34. The summed E-state index contributed by atoms with van der Waals surface area (Å²) in [5.74, 6) is 0.898. The second kappa shape index (κ2) is 3.12. The van der Waals surface area contributed by atoms with E-state index in [1.54, 1.807) is 0 Å². The van der Waals surface area contributed by atoms with Crippen LogP contribution in [-0.4, -0.2) is 25.6 Å². The van der Waals surface area contributed by atoms with Gasteiger partial charge < -0.3 is 10.6 Å². The van der Waals surface area contributed by atoms with E-state index in [1.807, 2.05) is 6.08 Å². The Morgan fingerprint density at radius 1 is 1.89 bits per heavy atom. The maximum Gasteiger partial charge on any atom is 0.191 e. The summed E-state index contributed by atoms with van der Waals surface area (Å²) in [5.41, 5.74) is 0. The first-order valence-corrected chi connectivity index (χ1v) is 3.06. The van der Waals surface area contributed by atoms with Gasteiger partial charge in [0.25, 0.3) is 0 Å². The second-order valence-electron chi connectivity index (χ2n) is 1.83. The predicted molar refractivity (Wildman–Crippen MR) is 38.5 cm³/mol. The van der Waals surface area contributed by atoms with Gasteiger partial charge in [-0.15, -0.1) is 6.58 Å². The quantitative estimate of drug-likeness (QED) is 0.498. The minimum atomic E-state index is 0.784. The topological polar surface area (TPSA) is 36.4 Å². The fourth-order valence-electron chi connectivity index (χ4n) is 0.685. The molecule has 0 aliphatic carbocycles. The summed E-state index contributed by atoms with van der Waals surface area (Å²) in [4.78, 5) is 4.12. The van der Waals surface area contributed by atoms with E-state index in [0.717, 1.165) is 25.6 Å². The van der Waals surface area contributed by atoms with Gasteiger partial charge in [0.05, 0.1) is 6.54 Å². The first kappa shape index (κ1) is 6.13. The van der Waals surface area contributed by atoms with Gasteiger partial charge in [-0.05, 0) is 0 Å². The summed E-state index contributed by atoms with van der Waals surface area (Å²) in [6.45, 7) is 6.21. The summed E-state index contributed by atoms with van der Waals surface area (Å²) in [6, 6.07) is 0. The summed E-state index contributed by atoms with van der Waals surface area (Å²) in [6.07, 6.45) is 1.81. The van der Waals surface area contributed by atoms with E-state index in [0.29, 0.717) is 0 Å². The van der Waals surface area contributed by atoms with Gasteiger partial charge in [0, 0.05) is 13.1 Å². The highest BCUT2D eigenvalue weighted by molar-refractivity contribution is 5.81. The monoisotopic (exact) mass is 125 g/mol. The molecule has 0 radical (unpaired) electrons. The number of hydrogen-bond donors (Lipinski definition) is 2. The highest BCUT2D eigenvalue weighted by atomic mass is 15.2. The molecule has 9 heavy (non-hydrogen) atoms. The van der Waals surface area contributed by atoms with Crippen LogP contribution in [0.25, 0.3) is 0 Å². The lowest BCUT2D eigenvalue weighted by molar-refractivity contribution is 0.924. The van der Waals surface area contributed by atoms with Crippen LogP contribution in [0, 0.1) is 0 Å². The van der Waals surface area contributed by atoms with Crippen LogP contribution in [0.3, 0.4) is 0 Å². The standard InChI is InChI=1S/C6H11N3/c1-2-3-7-6-8-4-5-9-6/h2H,1,3-5H2,(H2,7,8,9). The minimum absolute atomic E-state index is 0.784. The summed E-state index contributed by atoms with van der Waals surface area (Å²) in [5, 5.41) is 6.13. The Bertz CT molecular complexity index is 128. The molecule has 0 aromatic rings. The first-order chi connectivity index (χ1) is 4.43. The molecule has 0 atom stereocenters. The van der Waals surface area contributed by atoms with Crippen molar-refractivity contribution in [1.29, 1.82) is 0 Å². The molecule has 0 bridgehead atoms. The molecular formula is C6H11N3. The van der Waals surface area contributed by atoms with Crippen LogP contribution in [0.15, 0.2) is 17.6 Å². The Morgan fingerprint density at radius 2 is 2.78 bits per heavy atom. The van der Waals surface area contributed by atoms with Crippen molar-refractivity contribution in [1.82, 2.24) is 10.6 Å². The van der Waals surface area contributed by atoms with Crippen molar-refractivity contribution >= 4 is 5.96 Å². The molecule has 1 heterocycles. The summed E-state index contributed by atoms with van der Waals surface area (Å²) in [7, 11) is 0. The van der Waals surface area contributed by atoms with Crippen LogP contribution in [0.2, 0.25) is 0 Å². The predicted octanol–water partition coefficient (Wildman–Crippen LogP) is -0.279. The number of rotatable bonds is 2. The molecule has 0 saturated heterocycles.